The molecule has 0 N–H and O–H groups in total. The molecule has 0 radical (unpaired) electrons. The molecule has 0 bridgehead atoms. The number of aromatic nitrogens is 1. The molecule has 3 heterocycles. The van der Waals surface area contributed by atoms with E-state index < -0.39 is 5.97 Å². The summed E-state index contributed by atoms with van der Waals surface area (Å²) in [7, 11) is 1.36. The average Bonchev–Trinajstić information content (AvgIpc) is 2.77. The van der Waals surface area contributed by atoms with Crippen LogP contribution in [-0.2, 0) is 22.5 Å². The third kappa shape index (κ3) is 4.23. The van der Waals surface area contributed by atoms with Crippen LogP contribution in [0.4, 0.5) is 11.4 Å². The number of ketones is 1. The summed E-state index contributed by atoms with van der Waals surface area (Å²) >= 11 is 0. The second-order valence-electron chi connectivity index (χ2n) is 8.20. The first kappa shape index (κ1) is 21.2. The summed E-state index contributed by atoms with van der Waals surface area (Å²) in [5.41, 5.74) is 7.27. The summed E-state index contributed by atoms with van der Waals surface area (Å²) in [4.78, 5) is 37.4. The van der Waals surface area contributed by atoms with E-state index in [1.165, 1.54) is 18.2 Å². The topological polar surface area (TPSA) is 75.1 Å². The molecule has 4 rings (SSSR count). The van der Waals surface area contributed by atoms with Crippen molar-refractivity contribution in [2.24, 2.45) is 4.99 Å². The number of hydrogen-bond donors (Lipinski definition) is 0. The molecule has 1 aromatic carbocycles. The van der Waals surface area contributed by atoms with E-state index in [9.17, 15) is 9.59 Å². The van der Waals surface area contributed by atoms with Gasteiger partial charge >= 0.3 is 5.97 Å². The maximum Gasteiger partial charge on any atom is 0.356 e. The molecule has 0 saturated carbocycles. The van der Waals surface area contributed by atoms with Crippen molar-refractivity contribution in [3.8, 4) is 0 Å². The number of ether oxygens (including phenoxy) is 1. The molecule has 2 aliphatic heterocycles. The third-order valence-electron chi connectivity index (χ3n) is 6.27. The lowest BCUT2D eigenvalue weighted by molar-refractivity contribution is -0.112. The van der Waals surface area contributed by atoms with Crippen LogP contribution in [-0.4, -0.2) is 60.6 Å². The van der Waals surface area contributed by atoms with E-state index in [1.54, 1.807) is 13.0 Å². The number of Topliss-reactive ketones (excluding diaryl/α,β-unsaturated/α-hetero) is 1. The zero-order chi connectivity index (χ0) is 22.1. The van der Waals surface area contributed by atoms with Crippen molar-refractivity contribution in [2.75, 3.05) is 38.2 Å². The number of carbonyl (C=O) groups excluding carboxylic acids is 2. The number of nitrogens with zero attached hydrogens (tertiary/aromatic N) is 4. The van der Waals surface area contributed by atoms with E-state index in [4.69, 9.17) is 4.74 Å². The van der Waals surface area contributed by atoms with Crippen LogP contribution < -0.4 is 4.90 Å². The highest BCUT2D eigenvalue weighted by Crippen LogP contribution is 2.30. The minimum Gasteiger partial charge on any atom is -0.464 e. The lowest BCUT2D eigenvalue weighted by Gasteiger charge is -2.37. The van der Waals surface area contributed by atoms with Crippen molar-refractivity contribution in [2.45, 2.75) is 33.7 Å². The van der Waals surface area contributed by atoms with Crippen molar-refractivity contribution < 1.29 is 14.3 Å². The van der Waals surface area contributed by atoms with E-state index in [-0.39, 0.29) is 5.78 Å². The Labute approximate surface area is 182 Å². The van der Waals surface area contributed by atoms with Crippen LogP contribution in [0.3, 0.4) is 0 Å². The molecule has 2 aliphatic rings. The Kier molecular flexibility index (Phi) is 5.87. The molecule has 0 unspecified atom stereocenters. The van der Waals surface area contributed by atoms with Crippen molar-refractivity contribution in [1.29, 1.82) is 0 Å². The Bertz CT molecular complexity index is 1070. The SMILES string of the molecule is COC(=O)c1ccc(N2CCN(Cc3ccc4c(c3C)CC(=O)C(C)=N4)CC2)c(C)n1. The van der Waals surface area contributed by atoms with Crippen LogP contribution in [0.1, 0.15) is 39.8 Å². The lowest BCUT2D eigenvalue weighted by atomic mass is 9.93. The van der Waals surface area contributed by atoms with Crippen LogP contribution in [0.25, 0.3) is 0 Å². The molecular formula is C24H28N4O3. The first-order chi connectivity index (χ1) is 14.9. The highest BCUT2D eigenvalue weighted by Gasteiger charge is 2.23. The molecule has 0 amide bonds. The Hall–Kier alpha value is -3.06. The van der Waals surface area contributed by atoms with Gasteiger partial charge in [0, 0.05) is 39.1 Å². The van der Waals surface area contributed by atoms with Gasteiger partial charge in [-0.3, -0.25) is 9.69 Å². The van der Waals surface area contributed by atoms with Gasteiger partial charge in [-0.2, -0.15) is 0 Å². The first-order valence-corrected chi connectivity index (χ1v) is 10.6. The maximum atomic E-state index is 12.1. The van der Waals surface area contributed by atoms with Crippen LogP contribution in [0.2, 0.25) is 0 Å². The summed E-state index contributed by atoms with van der Waals surface area (Å²) in [5, 5.41) is 0. The van der Waals surface area contributed by atoms with Crippen LogP contribution in [0, 0.1) is 13.8 Å². The molecular weight excluding hydrogens is 392 g/mol. The van der Waals surface area contributed by atoms with Crippen molar-refractivity contribution >= 4 is 28.8 Å². The van der Waals surface area contributed by atoms with Crippen molar-refractivity contribution in [3.05, 3.63) is 52.3 Å². The zero-order valence-corrected chi connectivity index (χ0v) is 18.6. The monoisotopic (exact) mass is 420 g/mol. The van der Waals surface area contributed by atoms with E-state index in [0.29, 0.717) is 17.8 Å². The second-order valence-corrected chi connectivity index (χ2v) is 8.20. The molecule has 2 aromatic rings. The minimum atomic E-state index is -0.414. The number of esters is 1. The Balaban J connectivity index is 1.42. The lowest BCUT2D eigenvalue weighted by Crippen LogP contribution is -2.46. The number of piperazine rings is 1. The number of anilines is 1. The summed E-state index contributed by atoms with van der Waals surface area (Å²) < 4.78 is 4.76. The summed E-state index contributed by atoms with van der Waals surface area (Å²) in [6, 6.07) is 7.87. The normalized spacial score (nSPS) is 16.7. The third-order valence-corrected chi connectivity index (χ3v) is 6.27. The minimum absolute atomic E-state index is 0.114. The van der Waals surface area contributed by atoms with Gasteiger partial charge in [0.05, 0.1) is 29.9 Å². The number of aliphatic imine (C=N–C) groups is 1. The molecule has 1 aromatic heterocycles. The number of benzene rings is 1. The van der Waals surface area contributed by atoms with Crippen LogP contribution in [0.5, 0.6) is 0 Å². The molecule has 7 heteroatoms. The number of hydrogen-bond acceptors (Lipinski definition) is 7. The molecule has 162 valence electrons. The van der Waals surface area contributed by atoms with Crippen molar-refractivity contribution in [3.63, 3.8) is 0 Å². The second kappa shape index (κ2) is 8.59. The number of aryl methyl sites for hydroxylation is 1. The Morgan fingerprint density at radius 1 is 1.06 bits per heavy atom. The molecule has 7 nitrogen and oxygen atoms in total. The standard InChI is InChI=1S/C24H28N4O3/c1-15-18(5-6-20-19(15)13-23(29)17(3)26-20)14-27-9-11-28(12-10-27)22-8-7-21(24(30)31-4)25-16(22)2/h5-8H,9-14H2,1-4H3. The maximum absolute atomic E-state index is 12.1. The fourth-order valence-electron chi connectivity index (χ4n) is 4.32. The number of carbonyl (C=O) groups is 2. The van der Waals surface area contributed by atoms with E-state index in [2.05, 4.69) is 32.8 Å². The highest BCUT2D eigenvalue weighted by atomic mass is 16.5. The van der Waals surface area contributed by atoms with Gasteiger partial charge in [0.1, 0.15) is 5.69 Å². The van der Waals surface area contributed by atoms with Gasteiger partial charge < -0.3 is 9.64 Å². The molecule has 31 heavy (non-hydrogen) atoms. The number of methoxy groups -OCH3 is 1. The number of rotatable bonds is 4. The largest absolute Gasteiger partial charge is 0.464 e. The van der Waals surface area contributed by atoms with Gasteiger partial charge in [-0.1, -0.05) is 6.07 Å². The number of pyridine rings is 1. The predicted molar refractivity (Wildman–Crippen MR) is 120 cm³/mol. The van der Waals surface area contributed by atoms with Gasteiger partial charge in [-0.05, 0) is 55.7 Å². The summed E-state index contributed by atoms with van der Waals surface area (Å²) in [5.74, 6) is -0.300. The van der Waals surface area contributed by atoms with E-state index in [1.807, 2.05) is 19.1 Å². The van der Waals surface area contributed by atoms with Gasteiger partial charge in [0.25, 0.3) is 0 Å². The quantitative estimate of drug-likeness (QED) is 0.708. The molecule has 1 saturated heterocycles. The van der Waals surface area contributed by atoms with E-state index in [0.717, 1.165) is 55.4 Å². The van der Waals surface area contributed by atoms with E-state index >= 15 is 0 Å². The van der Waals surface area contributed by atoms with Crippen LogP contribution in [0.15, 0.2) is 29.3 Å². The zero-order valence-electron chi connectivity index (χ0n) is 18.6. The molecule has 0 atom stereocenters. The molecule has 0 spiro atoms. The van der Waals surface area contributed by atoms with Gasteiger partial charge in [-0.15, -0.1) is 0 Å². The molecule has 0 aliphatic carbocycles. The van der Waals surface area contributed by atoms with Gasteiger partial charge in [-0.25, -0.2) is 14.8 Å². The summed E-state index contributed by atoms with van der Waals surface area (Å²) in [6.45, 7) is 10.3. The predicted octanol–water partition coefficient (Wildman–Crippen LogP) is 3.02. The Morgan fingerprint density at radius 3 is 2.48 bits per heavy atom. The van der Waals surface area contributed by atoms with Crippen LogP contribution >= 0.6 is 0 Å². The highest BCUT2D eigenvalue weighted by molar-refractivity contribution is 6.40. The smallest absolute Gasteiger partial charge is 0.356 e. The Morgan fingerprint density at radius 2 is 1.81 bits per heavy atom. The fourth-order valence-corrected chi connectivity index (χ4v) is 4.32. The number of fused-ring (bicyclic) bond motifs is 1. The van der Waals surface area contributed by atoms with Crippen molar-refractivity contribution in [1.82, 2.24) is 9.88 Å². The van der Waals surface area contributed by atoms with Gasteiger partial charge in [0.15, 0.2) is 5.78 Å². The fraction of sp³-hybridized carbons (Fsp3) is 0.417. The molecule has 1 fully saturated rings. The average molecular weight is 421 g/mol. The summed E-state index contributed by atoms with van der Waals surface area (Å²) in [6.07, 6.45) is 0.450. The van der Waals surface area contributed by atoms with Gasteiger partial charge in [0.2, 0.25) is 0 Å². The first-order valence-electron chi connectivity index (χ1n) is 10.6.